The molecule has 0 atom stereocenters. The minimum atomic E-state index is 1.25. The van der Waals surface area contributed by atoms with Gasteiger partial charge in [-0.1, -0.05) is 24.3 Å². The van der Waals surface area contributed by atoms with Crippen LogP contribution < -0.4 is 9.80 Å². The predicted molar refractivity (Wildman–Crippen MR) is 69.0 cm³/mol. The van der Waals surface area contributed by atoms with Crippen LogP contribution in [0.2, 0.25) is 0 Å². The lowest BCUT2D eigenvalue weighted by atomic mass is 10.1. The Morgan fingerprint density at radius 1 is 0.562 bits per heavy atom. The normalized spacial score (nSPS) is 13.4. The number of hydrogen-bond donors (Lipinski definition) is 0. The summed E-state index contributed by atoms with van der Waals surface area (Å²) < 4.78 is 0. The number of anilines is 4. The molecule has 0 aromatic heterocycles. The molecule has 0 saturated carbocycles. The molecule has 1 heterocycles. The molecule has 2 nitrogen and oxygen atoms in total. The van der Waals surface area contributed by atoms with E-state index in [-0.39, 0.29) is 0 Å². The molecule has 1 aliphatic rings. The fraction of sp³-hybridized carbons (Fsp3) is 0.143. The molecule has 1 aliphatic heterocycles. The molecule has 0 bridgehead atoms. The van der Waals surface area contributed by atoms with E-state index in [2.05, 4.69) is 72.4 Å². The van der Waals surface area contributed by atoms with Crippen LogP contribution in [0.3, 0.4) is 0 Å². The van der Waals surface area contributed by atoms with Crippen LogP contribution in [-0.2, 0) is 0 Å². The maximum Gasteiger partial charge on any atom is 0.0649 e. The van der Waals surface area contributed by atoms with Crippen LogP contribution in [0.4, 0.5) is 22.7 Å². The van der Waals surface area contributed by atoms with Crippen LogP contribution in [0.5, 0.6) is 0 Å². The molecule has 0 fully saturated rings. The van der Waals surface area contributed by atoms with Gasteiger partial charge in [-0.25, -0.2) is 0 Å². The van der Waals surface area contributed by atoms with Crippen molar-refractivity contribution < 1.29 is 0 Å². The quantitative estimate of drug-likeness (QED) is 0.656. The lowest BCUT2D eigenvalue weighted by Gasteiger charge is -2.36. The van der Waals surface area contributed by atoms with E-state index in [0.29, 0.717) is 0 Å². The molecular formula is C14H14N2. The van der Waals surface area contributed by atoms with Gasteiger partial charge >= 0.3 is 0 Å². The van der Waals surface area contributed by atoms with Gasteiger partial charge < -0.3 is 9.80 Å². The standard InChI is InChI=1S/C14H14N2/c1-15-11-7-3-5-9-13(11)16(2)14-10-6-4-8-12(14)15/h3-10H,1-2H3. The third kappa shape index (κ3) is 1.13. The Balaban J connectivity index is 2.26. The first-order valence-electron chi connectivity index (χ1n) is 5.44. The molecule has 0 unspecified atom stereocenters. The number of benzene rings is 2. The Kier molecular flexibility index (Phi) is 1.90. The highest BCUT2D eigenvalue weighted by molar-refractivity contribution is 5.92. The summed E-state index contributed by atoms with van der Waals surface area (Å²) in [5, 5.41) is 0. The van der Waals surface area contributed by atoms with Gasteiger partial charge in [-0.05, 0) is 24.3 Å². The third-order valence-electron chi connectivity index (χ3n) is 3.21. The van der Waals surface area contributed by atoms with Crippen LogP contribution in [0.25, 0.3) is 0 Å². The Morgan fingerprint density at radius 3 is 1.06 bits per heavy atom. The van der Waals surface area contributed by atoms with Crippen molar-refractivity contribution >= 4 is 22.7 Å². The first-order valence-corrected chi connectivity index (χ1v) is 5.44. The summed E-state index contributed by atoms with van der Waals surface area (Å²) in [4.78, 5) is 4.48. The van der Waals surface area contributed by atoms with Gasteiger partial charge in [-0.2, -0.15) is 0 Å². The van der Waals surface area contributed by atoms with E-state index >= 15 is 0 Å². The van der Waals surface area contributed by atoms with Gasteiger partial charge in [-0.15, -0.1) is 0 Å². The third-order valence-corrected chi connectivity index (χ3v) is 3.21. The van der Waals surface area contributed by atoms with E-state index in [1.807, 2.05) is 0 Å². The summed E-state index contributed by atoms with van der Waals surface area (Å²) in [7, 11) is 4.23. The largest absolute Gasteiger partial charge is 0.341 e. The summed E-state index contributed by atoms with van der Waals surface area (Å²) in [6, 6.07) is 16.9. The molecule has 80 valence electrons. The predicted octanol–water partition coefficient (Wildman–Crippen LogP) is 3.54. The van der Waals surface area contributed by atoms with E-state index in [1.54, 1.807) is 0 Å². The monoisotopic (exact) mass is 210 g/mol. The van der Waals surface area contributed by atoms with Crippen LogP contribution in [-0.4, -0.2) is 14.1 Å². The zero-order valence-corrected chi connectivity index (χ0v) is 9.51. The van der Waals surface area contributed by atoms with E-state index in [0.717, 1.165) is 0 Å². The SMILES string of the molecule is CN1c2ccccc2N(C)c2ccccc21. The Labute approximate surface area is 95.7 Å². The van der Waals surface area contributed by atoms with E-state index in [4.69, 9.17) is 0 Å². The van der Waals surface area contributed by atoms with Gasteiger partial charge in [0.2, 0.25) is 0 Å². The van der Waals surface area contributed by atoms with Gasteiger partial charge in [0.1, 0.15) is 0 Å². The van der Waals surface area contributed by atoms with Crippen LogP contribution in [0, 0.1) is 0 Å². The fourth-order valence-electron chi connectivity index (χ4n) is 2.32. The van der Waals surface area contributed by atoms with Crippen molar-refractivity contribution in [3.05, 3.63) is 48.5 Å². The number of para-hydroxylation sites is 4. The second kappa shape index (κ2) is 3.27. The topological polar surface area (TPSA) is 6.48 Å². The van der Waals surface area contributed by atoms with Crippen molar-refractivity contribution in [2.24, 2.45) is 0 Å². The van der Waals surface area contributed by atoms with Crippen molar-refractivity contribution in [1.82, 2.24) is 0 Å². The average molecular weight is 210 g/mol. The highest BCUT2D eigenvalue weighted by Gasteiger charge is 2.22. The summed E-state index contributed by atoms with van der Waals surface area (Å²) >= 11 is 0. The molecule has 2 heteroatoms. The van der Waals surface area contributed by atoms with Crippen molar-refractivity contribution in [3.8, 4) is 0 Å². The second-order valence-electron chi connectivity index (χ2n) is 4.10. The van der Waals surface area contributed by atoms with Crippen molar-refractivity contribution in [3.63, 3.8) is 0 Å². The Bertz CT molecular complexity index is 438. The molecule has 0 saturated heterocycles. The van der Waals surface area contributed by atoms with Crippen LogP contribution >= 0.6 is 0 Å². The first kappa shape index (κ1) is 9.28. The van der Waals surface area contributed by atoms with E-state index < -0.39 is 0 Å². The lowest BCUT2D eigenvalue weighted by Crippen LogP contribution is -2.23. The number of fused-ring (bicyclic) bond motifs is 2. The first-order chi connectivity index (χ1) is 7.79. The average Bonchev–Trinajstić information content (AvgIpc) is 2.36. The molecule has 2 aromatic rings. The maximum atomic E-state index is 2.24. The number of nitrogens with zero attached hydrogens (tertiary/aromatic N) is 2. The smallest absolute Gasteiger partial charge is 0.0649 e. The Morgan fingerprint density at radius 2 is 0.812 bits per heavy atom. The van der Waals surface area contributed by atoms with Crippen LogP contribution in [0.15, 0.2) is 48.5 Å². The van der Waals surface area contributed by atoms with Gasteiger partial charge in [-0.3, -0.25) is 0 Å². The molecule has 3 rings (SSSR count). The number of rotatable bonds is 0. The molecule has 0 spiro atoms. The number of hydrogen-bond acceptors (Lipinski definition) is 2. The lowest BCUT2D eigenvalue weighted by molar-refractivity contribution is 1.10. The second-order valence-corrected chi connectivity index (χ2v) is 4.10. The van der Waals surface area contributed by atoms with Crippen molar-refractivity contribution in [1.29, 1.82) is 0 Å². The van der Waals surface area contributed by atoms with Gasteiger partial charge in [0.05, 0.1) is 22.7 Å². The molecule has 0 radical (unpaired) electrons. The minimum absolute atomic E-state index is 1.25. The molecule has 0 N–H and O–H groups in total. The molecule has 2 aromatic carbocycles. The molecular weight excluding hydrogens is 196 g/mol. The summed E-state index contributed by atoms with van der Waals surface area (Å²) in [6.07, 6.45) is 0. The maximum absolute atomic E-state index is 2.24. The van der Waals surface area contributed by atoms with Gasteiger partial charge in [0.15, 0.2) is 0 Å². The van der Waals surface area contributed by atoms with Crippen molar-refractivity contribution in [2.45, 2.75) is 0 Å². The Hall–Kier alpha value is -1.96. The molecule has 0 aliphatic carbocycles. The highest BCUT2D eigenvalue weighted by Crippen LogP contribution is 2.45. The summed E-state index contributed by atoms with van der Waals surface area (Å²) in [6.45, 7) is 0. The van der Waals surface area contributed by atoms with E-state index in [1.165, 1.54) is 22.7 Å². The van der Waals surface area contributed by atoms with Gasteiger partial charge in [0, 0.05) is 14.1 Å². The fourth-order valence-corrected chi connectivity index (χ4v) is 2.32. The zero-order chi connectivity index (χ0) is 11.1. The zero-order valence-electron chi connectivity index (χ0n) is 9.51. The van der Waals surface area contributed by atoms with Crippen LogP contribution in [0.1, 0.15) is 0 Å². The van der Waals surface area contributed by atoms with E-state index in [9.17, 15) is 0 Å². The van der Waals surface area contributed by atoms with Gasteiger partial charge in [0.25, 0.3) is 0 Å². The summed E-state index contributed by atoms with van der Waals surface area (Å²) in [5.74, 6) is 0. The summed E-state index contributed by atoms with van der Waals surface area (Å²) in [5.41, 5.74) is 5.01. The highest BCUT2D eigenvalue weighted by atomic mass is 15.2. The molecule has 0 amide bonds. The van der Waals surface area contributed by atoms with Crippen molar-refractivity contribution in [2.75, 3.05) is 23.9 Å². The molecule has 16 heavy (non-hydrogen) atoms. The minimum Gasteiger partial charge on any atom is -0.341 e.